The van der Waals surface area contributed by atoms with Gasteiger partial charge in [-0.2, -0.15) is 0 Å². The summed E-state index contributed by atoms with van der Waals surface area (Å²) in [5.41, 5.74) is 0.828. The van der Waals surface area contributed by atoms with Gasteiger partial charge in [0.2, 0.25) is 0 Å². The van der Waals surface area contributed by atoms with Crippen molar-refractivity contribution in [2.24, 2.45) is 4.99 Å². The summed E-state index contributed by atoms with van der Waals surface area (Å²) in [7, 11) is 3.29. The first-order valence-electron chi connectivity index (χ1n) is 8.08. The van der Waals surface area contributed by atoms with E-state index in [4.69, 9.17) is 14.2 Å². The molecule has 0 amide bonds. The van der Waals surface area contributed by atoms with Crippen LogP contribution in [0, 0.1) is 0 Å². The maximum Gasteiger partial charge on any atom is 0.305 e. The molecule has 1 aromatic rings. The lowest BCUT2D eigenvalue weighted by Gasteiger charge is -2.14. The number of carbonyl (C=O) groups is 1. The minimum absolute atomic E-state index is 0. The predicted octanol–water partition coefficient (Wildman–Crippen LogP) is 3.04. The highest BCUT2D eigenvalue weighted by atomic mass is 127. The van der Waals surface area contributed by atoms with Crippen LogP contribution in [0.3, 0.4) is 0 Å². The van der Waals surface area contributed by atoms with E-state index in [1.165, 1.54) is 0 Å². The molecule has 7 nitrogen and oxygen atoms in total. The molecule has 1 aromatic carbocycles. The Hall–Kier alpha value is -1.71. The molecular weight excluding hydrogens is 437 g/mol. The van der Waals surface area contributed by atoms with Crippen molar-refractivity contribution in [3.05, 3.63) is 18.2 Å². The Labute approximate surface area is 166 Å². The molecule has 0 bridgehead atoms. The highest BCUT2D eigenvalue weighted by Crippen LogP contribution is 2.30. The van der Waals surface area contributed by atoms with Gasteiger partial charge >= 0.3 is 5.97 Å². The molecule has 1 rings (SSSR count). The van der Waals surface area contributed by atoms with E-state index in [2.05, 4.69) is 15.6 Å². The summed E-state index contributed by atoms with van der Waals surface area (Å²) in [5.74, 6) is 1.78. The number of nitrogens with zero attached hydrogens (tertiary/aromatic N) is 1. The van der Waals surface area contributed by atoms with Crippen molar-refractivity contribution >= 4 is 41.6 Å². The number of hydrogen-bond acceptors (Lipinski definition) is 5. The molecule has 142 valence electrons. The molecule has 0 aromatic heterocycles. The lowest BCUT2D eigenvalue weighted by Crippen LogP contribution is -2.31. The van der Waals surface area contributed by atoms with Gasteiger partial charge in [0, 0.05) is 31.8 Å². The summed E-state index contributed by atoms with van der Waals surface area (Å²) in [6.07, 6.45) is 1.06. The van der Waals surface area contributed by atoms with Crippen molar-refractivity contribution in [1.82, 2.24) is 5.32 Å². The number of aliphatic imine (C=N–C) groups is 1. The lowest BCUT2D eigenvalue weighted by atomic mass is 10.2. The molecule has 25 heavy (non-hydrogen) atoms. The van der Waals surface area contributed by atoms with E-state index in [9.17, 15) is 4.79 Å². The summed E-state index contributed by atoms with van der Waals surface area (Å²) in [6.45, 7) is 5.33. The van der Waals surface area contributed by atoms with Crippen molar-refractivity contribution < 1.29 is 19.0 Å². The fourth-order valence-electron chi connectivity index (χ4n) is 2.01. The molecule has 0 saturated heterocycles. The second-order valence-electron chi connectivity index (χ2n) is 4.83. The van der Waals surface area contributed by atoms with E-state index < -0.39 is 0 Å². The SMILES string of the molecule is CCOC(=O)CCCNC(=NC)Nc1ccc(OCC)c(OC)c1.I. The number of hydrogen-bond donors (Lipinski definition) is 2. The van der Waals surface area contributed by atoms with E-state index in [1.54, 1.807) is 21.1 Å². The van der Waals surface area contributed by atoms with Gasteiger partial charge < -0.3 is 24.8 Å². The molecule has 0 aliphatic rings. The van der Waals surface area contributed by atoms with Crippen LogP contribution in [0.1, 0.15) is 26.7 Å². The van der Waals surface area contributed by atoms with Crippen molar-refractivity contribution in [3.8, 4) is 11.5 Å². The number of ether oxygens (including phenoxy) is 3. The van der Waals surface area contributed by atoms with E-state index in [0.717, 1.165) is 5.69 Å². The molecule has 0 heterocycles. The first kappa shape index (κ1) is 23.3. The fourth-order valence-corrected chi connectivity index (χ4v) is 2.01. The highest BCUT2D eigenvalue weighted by molar-refractivity contribution is 14.0. The number of guanidine groups is 1. The van der Waals surface area contributed by atoms with E-state index >= 15 is 0 Å². The fraction of sp³-hybridized carbons (Fsp3) is 0.529. The third kappa shape index (κ3) is 8.80. The summed E-state index contributed by atoms with van der Waals surface area (Å²) < 4.78 is 15.7. The Morgan fingerprint density at radius 1 is 1.20 bits per heavy atom. The van der Waals surface area contributed by atoms with Gasteiger partial charge in [-0.3, -0.25) is 9.79 Å². The minimum atomic E-state index is -0.182. The Bertz CT molecular complexity index is 553. The minimum Gasteiger partial charge on any atom is -0.493 e. The first-order valence-corrected chi connectivity index (χ1v) is 8.08. The van der Waals surface area contributed by atoms with Gasteiger partial charge in [-0.1, -0.05) is 0 Å². The number of methoxy groups -OCH3 is 1. The topological polar surface area (TPSA) is 81.2 Å². The Kier molecular flexibility index (Phi) is 12.6. The van der Waals surface area contributed by atoms with Crippen LogP contribution in [0.15, 0.2) is 23.2 Å². The van der Waals surface area contributed by atoms with Crippen LogP contribution < -0.4 is 20.1 Å². The van der Waals surface area contributed by atoms with Crippen molar-refractivity contribution in [2.75, 3.05) is 39.2 Å². The average molecular weight is 465 g/mol. The maximum absolute atomic E-state index is 11.3. The van der Waals surface area contributed by atoms with Crippen LogP contribution in [0.5, 0.6) is 11.5 Å². The molecule has 0 aliphatic heterocycles. The summed E-state index contributed by atoms with van der Waals surface area (Å²) in [4.78, 5) is 15.4. The zero-order valence-electron chi connectivity index (χ0n) is 15.3. The van der Waals surface area contributed by atoms with Crippen molar-refractivity contribution in [3.63, 3.8) is 0 Å². The van der Waals surface area contributed by atoms with E-state index in [1.807, 2.05) is 25.1 Å². The van der Waals surface area contributed by atoms with Gasteiger partial charge in [0.1, 0.15) is 0 Å². The molecule has 0 unspecified atom stereocenters. The number of benzene rings is 1. The van der Waals surface area contributed by atoms with Crippen LogP contribution in [0.2, 0.25) is 0 Å². The molecule has 0 fully saturated rings. The largest absolute Gasteiger partial charge is 0.493 e. The van der Waals surface area contributed by atoms with Gasteiger partial charge in [-0.15, -0.1) is 24.0 Å². The molecule has 0 aliphatic carbocycles. The molecule has 0 spiro atoms. The van der Waals surface area contributed by atoms with Gasteiger partial charge in [0.05, 0.1) is 20.3 Å². The van der Waals surface area contributed by atoms with Crippen LogP contribution in [-0.2, 0) is 9.53 Å². The second kappa shape index (κ2) is 13.6. The number of halogens is 1. The first-order chi connectivity index (χ1) is 11.6. The highest BCUT2D eigenvalue weighted by Gasteiger charge is 2.07. The lowest BCUT2D eigenvalue weighted by molar-refractivity contribution is -0.143. The van der Waals surface area contributed by atoms with Gasteiger partial charge in [-0.05, 0) is 32.4 Å². The predicted molar refractivity (Wildman–Crippen MR) is 110 cm³/mol. The Morgan fingerprint density at radius 2 is 1.96 bits per heavy atom. The zero-order valence-corrected chi connectivity index (χ0v) is 17.6. The summed E-state index contributed by atoms with van der Waals surface area (Å²) in [6, 6.07) is 5.58. The number of esters is 1. The molecule has 0 saturated carbocycles. The molecule has 2 N–H and O–H groups in total. The van der Waals surface area contributed by atoms with Gasteiger partial charge in [-0.25, -0.2) is 0 Å². The molecule has 0 radical (unpaired) electrons. The third-order valence-corrected chi connectivity index (χ3v) is 3.11. The molecule has 0 atom stereocenters. The Morgan fingerprint density at radius 3 is 2.56 bits per heavy atom. The summed E-state index contributed by atoms with van der Waals surface area (Å²) >= 11 is 0. The molecular formula is C17H28IN3O4. The second-order valence-corrected chi connectivity index (χ2v) is 4.83. The number of rotatable bonds is 9. The van der Waals surface area contributed by atoms with E-state index in [-0.39, 0.29) is 29.9 Å². The number of anilines is 1. The van der Waals surface area contributed by atoms with Crippen molar-refractivity contribution in [2.45, 2.75) is 26.7 Å². The molecule has 8 heteroatoms. The normalized spacial score (nSPS) is 10.5. The quantitative estimate of drug-likeness (QED) is 0.192. The Balaban J connectivity index is 0.00000576. The zero-order chi connectivity index (χ0) is 17.8. The monoisotopic (exact) mass is 465 g/mol. The van der Waals surface area contributed by atoms with Crippen LogP contribution in [0.25, 0.3) is 0 Å². The number of nitrogens with one attached hydrogen (secondary N) is 2. The maximum atomic E-state index is 11.3. The average Bonchev–Trinajstić information content (AvgIpc) is 2.59. The number of carbonyl (C=O) groups excluding carboxylic acids is 1. The van der Waals surface area contributed by atoms with E-state index in [0.29, 0.717) is 50.1 Å². The van der Waals surface area contributed by atoms with Crippen LogP contribution >= 0.6 is 24.0 Å². The van der Waals surface area contributed by atoms with Crippen LogP contribution in [0.4, 0.5) is 5.69 Å². The smallest absolute Gasteiger partial charge is 0.305 e. The van der Waals surface area contributed by atoms with Crippen LogP contribution in [-0.4, -0.2) is 45.8 Å². The standard InChI is InChI=1S/C17H27N3O4.HI/c1-5-23-14-10-9-13(12-15(14)22-4)20-17(18-3)19-11-7-8-16(21)24-6-2;/h9-10,12H,5-8,11H2,1-4H3,(H2,18,19,20);1H. The van der Waals surface area contributed by atoms with Crippen molar-refractivity contribution in [1.29, 1.82) is 0 Å². The van der Waals surface area contributed by atoms with Gasteiger partial charge in [0.15, 0.2) is 17.5 Å². The third-order valence-electron chi connectivity index (χ3n) is 3.11. The summed E-state index contributed by atoms with van der Waals surface area (Å²) in [5, 5.41) is 6.32. The van der Waals surface area contributed by atoms with Gasteiger partial charge in [0.25, 0.3) is 0 Å².